The second-order valence-corrected chi connectivity index (χ2v) is 8.25. The van der Waals surface area contributed by atoms with Crippen LogP contribution in [0.2, 0.25) is 0 Å². The van der Waals surface area contributed by atoms with Gasteiger partial charge in [-0.3, -0.25) is 9.89 Å². The number of hydrogen-bond acceptors (Lipinski definition) is 5. The van der Waals surface area contributed by atoms with E-state index in [1.54, 1.807) is 19.2 Å². The summed E-state index contributed by atoms with van der Waals surface area (Å²) in [6, 6.07) is 14.7. The number of hydrogen-bond donors (Lipinski definition) is 2. The van der Waals surface area contributed by atoms with E-state index in [4.69, 9.17) is 9.47 Å². The van der Waals surface area contributed by atoms with Crippen molar-refractivity contribution in [1.29, 1.82) is 0 Å². The van der Waals surface area contributed by atoms with Gasteiger partial charge in [-0.05, 0) is 42.7 Å². The van der Waals surface area contributed by atoms with Crippen LogP contribution in [0.25, 0.3) is 11.3 Å². The Morgan fingerprint density at radius 3 is 2.58 bits per heavy atom. The van der Waals surface area contributed by atoms with Crippen LogP contribution in [0.3, 0.4) is 0 Å². The fourth-order valence-electron chi connectivity index (χ4n) is 4.32. The van der Waals surface area contributed by atoms with Crippen molar-refractivity contribution in [3.63, 3.8) is 0 Å². The van der Waals surface area contributed by atoms with Gasteiger partial charge in [0.05, 0.1) is 12.6 Å². The largest absolute Gasteiger partial charge is 0.507 e. The Kier molecular flexibility index (Phi) is 7.29. The van der Waals surface area contributed by atoms with Gasteiger partial charge < -0.3 is 19.5 Å². The number of amides is 1. The Labute approximate surface area is 194 Å². The van der Waals surface area contributed by atoms with Crippen molar-refractivity contribution in [3.8, 4) is 22.8 Å². The second kappa shape index (κ2) is 10.5. The predicted octanol–water partition coefficient (Wildman–Crippen LogP) is 4.93. The summed E-state index contributed by atoms with van der Waals surface area (Å²) in [6.45, 7) is 3.99. The number of phenols is 1. The second-order valence-electron chi connectivity index (χ2n) is 8.25. The summed E-state index contributed by atoms with van der Waals surface area (Å²) >= 11 is 0. The highest BCUT2D eigenvalue weighted by Gasteiger charge is 2.42. The van der Waals surface area contributed by atoms with Gasteiger partial charge in [0.15, 0.2) is 0 Å². The SMILES string of the molecule is CCCCCOc1ccc([C@@H]2c3c(-c4ccccc4O)n[nH]c3C(=O)N2CCCOC)cc1. The number of carbonyl (C=O) groups is 1. The minimum Gasteiger partial charge on any atom is -0.507 e. The summed E-state index contributed by atoms with van der Waals surface area (Å²) in [5, 5.41) is 17.8. The third-order valence-corrected chi connectivity index (χ3v) is 5.98. The Bertz CT molecular complexity index is 1080. The lowest BCUT2D eigenvalue weighted by Gasteiger charge is -2.26. The smallest absolute Gasteiger partial charge is 0.273 e. The van der Waals surface area contributed by atoms with Gasteiger partial charge in [0.25, 0.3) is 5.91 Å². The number of unbranched alkanes of at least 4 members (excludes halogenated alkanes) is 2. The molecule has 1 aromatic heterocycles. The highest BCUT2D eigenvalue weighted by Crippen LogP contribution is 2.44. The molecule has 2 heterocycles. The first-order valence-electron chi connectivity index (χ1n) is 11.5. The number of ether oxygens (including phenoxy) is 2. The minimum absolute atomic E-state index is 0.0971. The number of methoxy groups -OCH3 is 1. The highest BCUT2D eigenvalue weighted by atomic mass is 16.5. The first-order valence-corrected chi connectivity index (χ1v) is 11.5. The third kappa shape index (κ3) is 4.73. The summed E-state index contributed by atoms with van der Waals surface area (Å²) in [7, 11) is 1.66. The van der Waals surface area contributed by atoms with Crippen molar-refractivity contribution in [2.75, 3.05) is 26.9 Å². The molecule has 2 aromatic carbocycles. The summed E-state index contributed by atoms with van der Waals surface area (Å²) in [5.74, 6) is 0.852. The molecule has 0 aliphatic carbocycles. The first kappa shape index (κ1) is 22.9. The predicted molar refractivity (Wildman–Crippen MR) is 127 cm³/mol. The number of phenolic OH excluding ortho intramolecular Hbond substituents is 1. The molecule has 1 atom stereocenters. The lowest BCUT2D eigenvalue weighted by atomic mass is 9.95. The molecule has 7 nitrogen and oxygen atoms in total. The van der Waals surface area contributed by atoms with E-state index in [9.17, 15) is 9.90 Å². The van der Waals surface area contributed by atoms with Crippen LogP contribution >= 0.6 is 0 Å². The first-order chi connectivity index (χ1) is 16.2. The summed E-state index contributed by atoms with van der Waals surface area (Å²) in [6.07, 6.45) is 4.06. The van der Waals surface area contributed by atoms with Gasteiger partial charge in [0, 0.05) is 31.4 Å². The lowest BCUT2D eigenvalue weighted by Crippen LogP contribution is -2.31. The molecule has 33 heavy (non-hydrogen) atoms. The molecule has 1 aliphatic rings. The van der Waals surface area contributed by atoms with Crippen LogP contribution < -0.4 is 4.74 Å². The van der Waals surface area contributed by atoms with Crippen molar-refractivity contribution in [3.05, 3.63) is 65.4 Å². The fourth-order valence-corrected chi connectivity index (χ4v) is 4.32. The molecule has 0 fully saturated rings. The van der Waals surface area contributed by atoms with Crippen LogP contribution in [-0.4, -0.2) is 53.0 Å². The lowest BCUT2D eigenvalue weighted by molar-refractivity contribution is 0.0723. The van der Waals surface area contributed by atoms with E-state index in [1.807, 2.05) is 41.3 Å². The van der Waals surface area contributed by atoms with E-state index in [2.05, 4.69) is 17.1 Å². The maximum Gasteiger partial charge on any atom is 0.273 e. The van der Waals surface area contributed by atoms with E-state index in [0.29, 0.717) is 36.7 Å². The molecule has 0 bridgehead atoms. The molecule has 7 heteroatoms. The Morgan fingerprint density at radius 2 is 1.85 bits per heavy atom. The van der Waals surface area contributed by atoms with Gasteiger partial charge in [0.2, 0.25) is 0 Å². The number of rotatable bonds is 11. The number of benzene rings is 2. The molecule has 1 amide bonds. The molecule has 0 unspecified atom stereocenters. The maximum atomic E-state index is 13.3. The third-order valence-electron chi connectivity index (χ3n) is 5.98. The molecular formula is C26H31N3O4. The van der Waals surface area contributed by atoms with Crippen LogP contribution in [-0.2, 0) is 4.74 Å². The number of carbonyl (C=O) groups excluding carboxylic acids is 1. The maximum absolute atomic E-state index is 13.3. The Morgan fingerprint density at radius 1 is 1.06 bits per heavy atom. The van der Waals surface area contributed by atoms with Gasteiger partial charge >= 0.3 is 0 Å². The molecule has 3 aromatic rings. The number of nitrogens with one attached hydrogen (secondary N) is 1. The van der Waals surface area contributed by atoms with Crippen molar-refractivity contribution in [2.24, 2.45) is 0 Å². The highest BCUT2D eigenvalue weighted by molar-refractivity contribution is 6.00. The average Bonchev–Trinajstić information content (AvgIpc) is 3.37. The van der Waals surface area contributed by atoms with E-state index in [1.165, 1.54) is 0 Å². The van der Waals surface area contributed by atoms with Crippen LogP contribution in [0, 0.1) is 0 Å². The normalized spacial score (nSPS) is 15.2. The standard InChI is InChI=1S/C26H31N3O4/c1-3-4-7-17-33-19-13-11-18(12-14-19)25-22-23(20-9-5-6-10-21(20)30)27-28-24(22)26(31)29(25)15-8-16-32-2/h5-6,9-14,25,30H,3-4,7-8,15-17H2,1-2H3,(H,27,28)/t25-/m1/s1. The molecule has 174 valence electrons. The van der Waals surface area contributed by atoms with E-state index in [-0.39, 0.29) is 17.7 Å². The zero-order chi connectivity index (χ0) is 23.2. The monoisotopic (exact) mass is 449 g/mol. The molecular weight excluding hydrogens is 418 g/mol. The summed E-state index contributed by atoms with van der Waals surface area (Å²) < 4.78 is 11.1. The van der Waals surface area contributed by atoms with Gasteiger partial charge in [-0.15, -0.1) is 0 Å². The van der Waals surface area contributed by atoms with Crippen LogP contribution in [0.4, 0.5) is 0 Å². The quantitative estimate of drug-likeness (QED) is 0.405. The topological polar surface area (TPSA) is 87.7 Å². The average molecular weight is 450 g/mol. The van der Waals surface area contributed by atoms with Crippen molar-refractivity contribution in [1.82, 2.24) is 15.1 Å². The number of fused-ring (bicyclic) bond motifs is 1. The van der Waals surface area contributed by atoms with Crippen LogP contribution in [0.5, 0.6) is 11.5 Å². The molecule has 0 saturated heterocycles. The Hall–Kier alpha value is -3.32. The van der Waals surface area contributed by atoms with Gasteiger partial charge in [-0.2, -0.15) is 5.10 Å². The zero-order valence-corrected chi connectivity index (χ0v) is 19.2. The molecule has 4 rings (SSSR count). The van der Waals surface area contributed by atoms with Gasteiger partial charge in [0.1, 0.15) is 22.9 Å². The number of para-hydroxylation sites is 1. The van der Waals surface area contributed by atoms with Crippen LogP contribution in [0.1, 0.15) is 60.3 Å². The van der Waals surface area contributed by atoms with E-state index < -0.39 is 0 Å². The minimum atomic E-state index is -0.313. The number of aromatic nitrogens is 2. The molecule has 0 saturated carbocycles. The zero-order valence-electron chi connectivity index (χ0n) is 19.2. The fraction of sp³-hybridized carbons (Fsp3) is 0.385. The van der Waals surface area contributed by atoms with Crippen molar-refractivity contribution >= 4 is 5.91 Å². The number of nitrogens with zero attached hydrogens (tertiary/aromatic N) is 2. The van der Waals surface area contributed by atoms with Gasteiger partial charge in [-0.25, -0.2) is 0 Å². The van der Waals surface area contributed by atoms with E-state index in [0.717, 1.165) is 42.6 Å². The van der Waals surface area contributed by atoms with Gasteiger partial charge in [-0.1, -0.05) is 44.0 Å². The van der Waals surface area contributed by atoms with Crippen molar-refractivity contribution in [2.45, 2.75) is 38.6 Å². The molecule has 2 N–H and O–H groups in total. The Balaban J connectivity index is 1.68. The summed E-state index contributed by atoms with van der Waals surface area (Å²) in [4.78, 5) is 15.2. The van der Waals surface area contributed by atoms with Crippen LogP contribution in [0.15, 0.2) is 48.5 Å². The number of aromatic hydroxyl groups is 1. The van der Waals surface area contributed by atoms with E-state index >= 15 is 0 Å². The molecule has 0 radical (unpaired) electrons. The summed E-state index contributed by atoms with van der Waals surface area (Å²) in [5.41, 5.74) is 3.42. The van der Waals surface area contributed by atoms with Crippen molar-refractivity contribution < 1.29 is 19.4 Å². The number of aromatic amines is 1. The number of H-pyrrole nitrogens is 1. The molecule has 1 aliphatic heterocycles. The molecule has 0 spiro atoms.